The number of nitrogens with one attached hydrogen (secondary N) is 1. The highest BCUT2D eigenvalue weighted by Crippen LogP contribution is 2.48. The van der Waals surface area contributed by atoms with Gasteiger partial charge in [-0.3, -0.25) is 0 Å². The van der Waals surface area contributed by atoms with Gasteiger partial charge in [0.2, 0.25) is 0 Å². The molecule has 0 spiro atoms. The Kier molecular flexibility index (Phi) is 5.36. The van der Waals surface area contributed by atoms with Gasteiger partial charge in [0, 0.05) is 23.7 Å². The van der Waals surface area contributed by atoms with E-state index < -0.39 is 11.2 Å². The van der Waals surface area contributed by atoms with Crippen molar-refractivity contribution in [1.29, 1.82) is 0 Å². The van der Waals surface area contributed by atoms with Crippen molar-refractivity contribution in [3.8, 4) is 11.5 Å². The van der Waals surface area contributed by atoms with E-state index in [0.29, 0.717) is 36.4 Å². The van der Waals surface area contributed by atoms with Crippen molar-refractivity contribution in [3.63, 3.8) is 0 Å². The minimum absolute atomic E-state index is 0.152. The summed E-state index contributed by atoms with van der Waals surface area (Å²) in [7, 11) is 0. The van der Waals surface area contributed by atoms with Crippen molar-refractivity contribution >= 4 is 40.1 Å². The van der Waals surface area contributed by atoms with Gasteiger partial charge in [0.15, 0.2) is 10.7 Å². The molecule has 4 rings (SSSR count). The maximum atomic E-state index is 13.0. The number of aryl methyl sites for hydroxylation is 1. The monoisotopic (exact) mass is 451 g/mol. The molecule has 0 radical (unpaired) electrons. The van der Waals surface area contributed by atoms with Gasteiger partial charge in [-0.25, -0.2) is 0 Å². The zero-order valence-electron chi connectivity index (χ0n) is 16.1. The summed E-state index contributed by atoms with van der Waals surface area (Å²) in [4.78, 5) is 1.39. The molecule has 1 fully saturated rings. The second-order valence-corrected chi connectivity index (χ2v) is 8.39. The summed E-state index contributed by atoms with van der Waals surface area (Å²) >= 11 is 9.65. The maximum Gasteiger partial charge on any atom is 0.441 e. The second kappa shape index (κ2) is 7.70. The van der Waals surface area contributed by atoms with Crippen LogP contribution in [0.15, 0.2) is 36.4 Å². The molecule has 0 aliphatic carbocycles. The van der Waals surface area contributed by atoms with Gasteiger partial charge in [0.1, 0.15) is 10.7 Å². The Labute approximate surface area is 183 Å². The molecule has 3 N–H and O–H groups in total. The van der Waals surface area contributed by atoms with Gasteiger partial charge < -0.3 is 20.7 Å². The third kappa shape index (κ3) is 3.83. The molecule has 2 heterocycles. The van der Waals surface area contributed by atoms with Crippen molar-refractivity contribution < 1.29 is 17.9 Å². The highest BCUT2D eigenvalue weighted by Gasteiger charge is 2.40. The molecule has 0 amide bonds. The van der Waals surface area contributed by atoms with Crippen LogP contribution in [0.1, 0.15) is 35.6 Å². The van der Waals surface area contributed by atoms with Crippen LogP contribution in [-0.4, -0.2) is 28.7 Å². The molecular weight excluding hydrogens is 431 g/mol. The van der Waals surface area contributed by atoms with E-state index in [1.807, 2.05) is 43.3 Å². The highest BCUT2D eigenvalue weighted by molar-refractivity contribution is 7.80. The number of anilines is 1. The lowest BCUT2D eigenvalue weighted by atomic mass is 9.88. The molecule has 2 aliphatic rings. The SMILES string of the molecule is Cc1cccc2c1C1CC(NC(=S)C(F)(F)F)CCN1c1ccc(C(N)=S)cc1O2. The van der Waals surface area contributed by atoms with Gasteiger partial charge in [0.05, 0.1) is 11.7 Å². The molecule has 158 valence electrons. The molecule has 0 bridgehead atoms. The van der Waals surface area contributed by atoms with E-state index in [2.05, 4.69) is 22.4 Å². The van der Waals surface area contributed by atoms with E-state index in [4.69, 9.17) is 22.7 Å². The number of alkyl halides is 3. The fraction of sp³-hybridized carbons (Fsp3) is 0.333. The fourth-order valence-corrected chi connectivity index (χ4v) is 4.49. The first-order chi connectivity index (χ1) is 14.1. The van der Waals surface area contributed by atoms with Crippen LogP contribution < -0.4 is 20.7 Å². The molecule has 9 heteroatoms. The second-order valence-electron chi connectivity index (χ2n) is 7.54. The highest BCUT2D eigenvalue weighted by atomic mass is 32.1. The number of hydrogen-bond donors (Lipinski definition) is 2. The number of benzene rings is 2. The summed E-state index contributed by atoms with van der Waals surface area (Å²) in [5, 5.41) is 2.52. The van der Waals surface area contributed by atoms with Gasteiger partial charge >= 0.3 is 6.18 Å². The molecule has 2 aliphatic heterocycles. The van der Waals surface area contributed by atoms with Crippen molar-refractivity contribution in [2.45, 2.75) is 38.0 Å². The third-order valence-corrected chi connectivity index (χ3v) is 6.17. The normalized spacial score (nSPS) is 20.2. The summed E-state index contributed by atoms with van der Waals surface area (Å²) in [5.74, 6) is 1.31. The van der Waals surface area contributed by atoms with Gasteiger partial charge in [-0.1, -0.05) is 36.6 Å². The predicted molar refractivity (Wildman–Crippen MR) is 118 cm³/mol. The first kappa shape index (κ1) is 20.9. The molecule has 2 unspecified atom stereocenters. The van der Waals surface area contributed by atoms with Crippen molar-refractivity contribution in [2.24, 2.45) is 5.73 Å². The summed E-state index contributed by atoms with van der Waals surface area (Å²) in [6.45, 7) is 2.54. The van der Waals surface area contributed by atoms with Crippen LogP contribution in [-0.2, 0) is 0 Å². The van der Waals surface area contributed by atoms with E-state index in [1.165, 1.54) is 0 Å². The lowest BCUT2D eigenvalue weighted by Crippen LogP contribution is -2.48. The Morgan fingerprint density at radius 3 is 2.67 bits per heavy atom. The number of rotatable bonds is 2. The lowest BCUT2D eigenvalue weighted by Gasteiger charge is -2.41. The lowest BCUT2D eigenvalue weighted by molar-refractivity contribution is -0.0598. The van der Waals surface area contributed by atoms with Crippen LogP contribution >= 0.6 is 24.4 Å². The van der Waals surface area contributed by atoms with Crippen LogP contribution in [0.2, 0.25) is 0 Å². The van der Waals surface area contributed by atoms with E-state index >= 15 is 0 Å². The number of nitrogens with zero attached hydrogens (tertiary/aromatic N) is 1. The van der Waals surface area contributed by atoms with Gasteiger partial charge in [-0.05, 0) is 49.6 Å². The van der Waals surface area contributed by atoms with E-state index in [0.717, 1.165) is 16.8 Å². The average molecular weight is 452 g/mol. The number of halogens is 3. The number of ether oxygens (including phenoxy) is 1. The van der Waals surface area contributed by atoms with Crippen molar-refractivity contribution in [1.82, 2.24) is 5.32 Å². The van der Waals surface area contributed by atoms with Crippen LogP contribution in [0.25, 0.3) is 0 Å². The van der Waals surface area contributed by atoms with E-state index in [9.17, 15) is 13.2 Å². The first-order valence-corrected chi connectivity index (χ1v) is 10.3. The quantitative estimate of drug-likeness (QED) is 0.632. The fourth-order valence-electron chi connectivity index (χ4n) is 4.20. The molecule has 2 aromatic carbocycles. The Hall–Kier alpha value is -2.39. The number of nitrogens with two attached hydrogens (primary N) is 1. The molecule has 0 saturated carbocycles. The van der Waals surface area contributed by atoms with Crippen LogP contribution in [0, 0.1) is 6.92 Å². The Balaban J connectivity index is 1.75. The first-order valence-electron chi connectivity index (χ1n) is 9.50. The summed E-state index contributed by atoms with van der Waals surface area (Å²) < 4.78 is 45.1. The minimum atomic E-state index is -4.53. The molecule has 30 heavy (non-hydrogen) atoms. The van der Waals surface area contributed by atoms with Crippen LogP contribution in [0.5, 0.6) is 11.5 Å². The third-order valence-electron chi connectivity index (χ3n) is 5.59. The van der Waals surface area contributed by atoms with Crippen molar-refractivity contribution in [3.05, 3.63) is 53.1 Å². The molecule has 2 atom stereocenters. The predicted octanol–water partition coefficient (Wildman–Crippen LogP) is 4.92. The van der Waals surface area contributed by atoms with Crippen LogP contribution in [0.3, 0.4) is 0 Å². The zero-order valence-corrected chi connectivity index (χ0v) is 17.8. The Bertz CT molecular complexity index is 1030. The smallest absolute Gasteiger partial charge is 0.441 e. The standard InChI is InChI=1S/C21H20F3N3OS2/c1-11-3-2-4-16-18(11)15-10-13(26-20(30)21(22,23)24)7-8-27(15)14-6-5-12(19(25)29)9-17(14)28-16/h2-6,9,13,15H,7-8,10H2,1H3,(H2,25,29)(H,26,30). The molecule has 2 aromatic rings. The number of fused-ring (bicyclic) bond motifs is 5. The summed E-state index contributed by atoms with van der Waals surface area (Å²) in [6.07, 6.45) is -3.55. The molecule has 0 aromatic heterocycles. The molecular formula is C21H20F3N3OS2. The van der Waals surface area contributed by atoms with Gasteiger partial charge in [0.25, 0.3) is 0 Å². The summed E-state index contributed by atoms with van der Waals surface area (Å²) in [5.41, 5.74) is 9.34. The number of hydrogen-bond acceptors (Lipinski definition) is 4. The molecule has 1 saturated heterocycles. The zero-order chi connectivity index (χ0) is 21.6. The average Bonchev–Trinajstić information content (AvgIpc) is 2.81. The topological polar surface area (TPSA) is 50.5 Å². The van der Waals surface area contributed by atoms with Gasteiger partial charge in [-0.15, -0.1) is 0 Å². The Morgan fingerprint density at radius 2 is 1.97 bits per heavy atom. The largest absolute Gasteiger partial charge is 0.455 e. The number of piperidine rings is 1. The van der Waals surface area contributed by atoms with E-state index in [-0.39, 0.29) is 17.1 Å². The van der Waals surface area contributed by atoms with Crippen LogP contribution in [0.4, 0.5) is 18.9 Å². The number of thiocarbonyl (C=S) groups is 2. The summed E-state index contributed by atoms with van der Waals surface area (Å²) in [6, 6.07) is 10.8. The Morgan fingerprint density at radius 1 is 1.20 bits per heavy atom. The maximum absolute atomic E-state index is 13.0. The minimum Gasteiger partial charge on any atom is -0.455 e. The van der Waals surface area contributed by atoms with Gasteiger partial charge in [-0.2, -0.15) is 13.2 Å². The molecule has 4 nitrogen and oxygen atoms in total. The van der Waals surface area contributed by atoms with E-state index in [1.54, 1.807) is 0 Å². The van der Waals surface area contributed by atoms with Crippen molar-refractivity contribution in [2.75, 3.05) is 11.4 Å².